The molecule has 0 amide bonds. The topological polar surface area (TPSA) is 12.0 Å². The van der Waals surface area contributed by atoms with Gasteiger partial charge in [-0.25, -0.2) is 0 Å². The third-order valence-corrected chi connectivity index (χ3v) is 5.77. The predicted molar refractivity (Wildman–Crippen MR) is 87.2 cm³/mol. The molecular formula is C16H23NS2. The molecule has 1 nitrogen and oxygen atoms in total. The van der Waals surface area contributed by atoms with Crippen LogP contribution in [-0.4, -0.2) is 0 Å². The molecule has 0 saturated heterocycles. The van der Waals surface area contributed by atoms with Crippen LogP contribution in [0.2, 0.25) is 0 Å². The smallest absolute Gasteiger partial charge is 0.0419 e. The van der Waals surface area contributed by atoms with E-state index in [-0.39, 0.29) is 0 Å². The summed E-state index contributed by atoms with van der Waals surface area (Å²) in [5.74, 6) is 0. The standard InChI is InChI=1S/C16H23NS2/c1-4-7-14(16-8-6-11-18-16)17-12(3)15-10-9-13(5-2)19-15/h6,8-12,14,17H,4-5,7H2,1-3H3. The summed E-state index contributed by atoms with van der Waals surface area (Å²) in [6.45, 7) is 6.76. The van der Waals surface area contributed by atoms with Crippen LogP contribution in [0, 0.1) is 0 Å². The van der Waals surface area contributed by atoms with Gasteiger partial charge in [-0.1, -0.05) is 26.3 Å². The molecule has 104 valence electrons. The summed E-state index contributed by atoms with van der Waals surface area (Å²) in [5, 5.41) is 5.97. The Bertz CT molecular complexity index is 473. The van der Waals surface area contributed by atoms with Crippen LogP contribution < -0.4 is 5.32 Å². The fraction of sp³-hybridized carbons (Fsp3) is 0.500. The third kappa shape index (κ3) is 3.91. The molecule has 1 N–H and O–H groups in total. The van der Waals surface area contributed by atoms with Crippen LogP contribution in [0.1, 0.15) is 60.3 Å². The van der Waals surface area contributed by atoms with Crippen LogP contribution in [0.3, 0.4) is 0 Å². The molecule has 2 atom stereocenters. The molecule has 0 spiro atoms. The first kappa shape index (κ1) is 14.8. The fourth-order valence-electron chi connectivity index (χ4n) is 2.29. The van der Waals surface area contributed by atoms with Crippen LogP contribution in [-0.2, 0) is 6.42 Å². The quantitative estimate of drug-likeness (QED) is 0.704. The van der Waals surface area contributed by atoms with E-state index in [1.165, 1.54) is 27.5 Å². The summed E-state index contributed by atoms with van der Waals surface area (Å²) >= 11 is 3.80. The SMILES string of the molecule is CCCC(NC(C)c1ccc(CC)s1)c1cccs1. The van der Waals surface area contributed by atoms with Crippen molar-refractivity contribution in [2.24, 2.45) is 0 Å². The Morgan fingerprint density at radius 3 is 2.58 bits per heavy atom. The van der Waals surface area contributed by atoms with Crippen molar-refractivity contribution in [3.63, 3.8) is 0 Å². The zero-order chi connectivity index (χ0) is 13.7. The average Bonchev–Trinajstić information content (AvgIpc) is 3.09. The Morgan fingerprint density at radius 2 is 2.00 bits per heavy atom. The van der Waals surface area contributed by atoms with Crippen LogP contribution in [0.15, 0.2) is 29.6 Å². The van der Waals surface area contributed by atoms with Gasteiger partial charge in [0.05, 0.1) is 0 Å². The summed E-state index contributed by atoms with van der Waals surface area (Å²) < 4.78 is 0. The lowest BCUT2D eigenvalue weighted by atomic mass is 10.1. The van der Waals surface area contributed by atoms with E-state index in [9.17, 15) is 0 Å². The van der Waals surface area contributed by atoms with Crippen LogP contribution in [0.25, 0.3) is 0 Å². The Balaban J connectivity index is 2.04. The van der Waals surface area contributed by atoms with Crippen molar-refractivity contribution >= 4 is 22.7 Å². The minimum absolute atomic E-state index is 0.434. The van der Waals surface area contributed by atoms with E-state index in [4.69, 9.17) is 0 Å². The number of aryl methyl sites for hydroxylation is 1. The first-order valence-electron chi connectivity index (χ1n) is 7.12. The summed E-state index contributed by atoms with van der Waals surface area (Å²) in [6, 6.07) is 9.86. The molecule has 3 heteroatoms. The number of thiophene rings is 2. The van der Waals surface area contributed by atoms with Gasteiger partial charge in [0, 0.05) is 26.7 Å². The molecule has 0 aliphatic rings. The van der Waals surface area contributed by atoms with Gasteiger partial charge in [0.1, 0.15) is 0 Å². The molecule has 2 aromatic heterocycles. The van der Waals surface area contributed by atoms with Gasteiger partial charge in [-0.05, 0) is 43.3 Å². The molecule has 2 heterocycles. The van der Waals surface area contributed by atoms with Crippen molar-refractivity contribution < 1.29 is 0 Å². The van der Waals surface area contributed by atoms with E-state index in [0.29, 0.717) is 12.1 Å². The molecule has 0 radical (unpaired) electrons. The minimum atomic E-state index is 0.434. The first-order chi connectivity index (χ1) is 9.24. The predicted octanol–water partition coefficient (Wildman–Crippen LogP) is 5.56. The van der Waals surface area contributed by atoms with Gasteiger partial charge in [0.25, 0.3) is 0 Å². The molecule has 0 aromatic carbocycles. The number of hydrogen-bond donors (Lipinski definition) is 1. The lowest BCUT2D eigenvalue weighted by molar-refractivity contribution is 0.449. The number of rotatable bonds is 7. The highest BCUT2D eigenvalue weighted by molar-refractivity contribution is 7.12. The summed E-state index contributed by atoms with van der Waals surface area (Å²) in [6.07, 6.45) is 3.56. The van der Waals surface area contributed by atoms with Crippen molar-refractivity contribution in [2.45, 2.75) is 52.1 Å². The van der Waals surface area contributed by atoms with Crippen LogP contribution in [0.4, 0.5) is 0 Å². The van der Waals surface area contributed by atoms with Gasteiger partial charge in [0.2, 0.25) is 0 Å². The van der Waals surface area contributed by atoms with Crippen molar-refractivity contribution in [3.8, 4) is 0 Å². The third-order valence-electron chi connectivity index (χ3n) is 3.37. The lowest BCUT2D eigenvalue weighted by Gasteiger charge is -2.21. The fourth-order valence-corrected chi connectivity index (χ4v) is 4.07. The summed E-state index contributed by atoms with van der Waals surface area (Å²) in [4.78, 5) is 4.39. The van der Waals surface area contributed by atoms with Crippen molar-refractivity contribution in [1.29, 1.82) is 0 Å². The highest BCUT2D eigenvalue weighted by atomic mass is 32.1. The van der Waals surface area contributed by atoms with E-state index >= 15 is 0 Å². The molecule has 2 rings (SSSR count). The zero-order valence-corrected chi connectivity index (χ0v) is 13.6. The highest BCUT2D eigenvalue weighted by Gasteiger charge is 2.16. The summed E-state index contributed by atoms with van der Waals surface area (Å²) in [5.41, 5.74) is 0. The molecule has 0 aliphatic heterocycles. The van der Waals surface area contributed by atoms with Gasteiger partial charge in [-0.2, -0.15) is 0 Å². The maximum atomic E-state index is 3.79. The summed E-state index contributed by atoms with van der Waals surface area (Å²) in [7, 11) is 0. The van der Waals surface area contributed by atoms with Gasteiger partial charge in [-0.3, -0.25) is 0 Å². The van der Waals surface area contributed by atoms with Gasteiger partial charge >= 0.3 is 0 Å². The van der Waals surface area contributed by atoms with Gasteiger partial charge < -0.3 is 5.32 Å². The minimum Gasteiger partial charge on any atom is -0.302 e. The molecule has 2 aromatic rings. The normalized spacial score (nSPS) is 14.5. The Kier molecular flexibility index (Phi) is 5.61. The van der Waals surface area contributed by atoms with E-state index < -0.39 is 0 Å². The number of hydrogen-bond acceptors (Lipinski definition) is 3. The second-order valence-corrected chi connectivity index (χ2v) is 7.08. The van der Waals surface area contributed by atoms with Crippen molar-refractivity contribution in [3.05, 3.63) is 44.3 Å². The molecular weight excluding hydrogens is 270 g/mol. The van der Waals surface area contributed by atoms with Crippen LogP contribution >= 0.6 is 22.7 Å². The second-order valence-electron chi connectivity index (χ2n) is 4.90. The number of nitrogens with one attached hydrogen (secondary N) is 1. The zero-order valence-electron chi connectivity index (χ0n) is 12.0. The van der Waals surface area contributed by atoms with Crippen molar-refractivity contribution in [2.75, 3.05) is 0 Å². The van der Waals surface area contributed by atoms with Gasteiger partial charge in [-0.15, -0.1) is 22.7 Å². The largest absolute Gasteiger partial charge is 0.302 e. The molecule has 2 unspecified atom stereocenters. The monoisotopic (exact) mass is 293 g/mol. The Hall–Kier alpha value is -0.640. The Labute approximate surface area is 124 Å². The molecule has 0 saturated carbocycles. The first-order valence-corrected chi connectivity index (χ1v) is 8.82. The van der Waals surface area contributed by atoms with E-state index in [1.807, 2.05) is 22.7 Å². The van der Waals surface area contributed by atoms with E-state index in [2.05, 4.69) is 55.7 Å². The molecule has 0 aliphatic carbocycles. The second kappa shape index (κ2) is 7.22. The lowest BCUT2D eigenvalue weighted by Crippen LogP contribution is -2.23. The van der Waals surface area contributed by atoms with E-state index in [0.717, 1.165) is 6.42 Å². The maximum Gasteiger partial charge on any atom is 0.0419 e. The van der Waals surface area contributed by atoms with Crippen molar-refractivity contribution in [1.82, 2.24) is 5.32 Å². The molecule has 0 bridgehead atoms. The maximum absolute atomic E-state index is 3.79. The van der Waals surface area contributed by atoms with E-state index in [1.54, 1.807) is 0 Å². The average molecular weight is 294 g/mol. The Morgan fingerprint density at radius 1 is 1.16 bits per heavy atom. The molecule has 0 fully saturated rings. The highest BCUT2D eigenvalue weighted by Crippen LogP contribution is 2.29. The van der Waals surface area contributed by atoms with Crippen LogP contribution in [0.5, 0.6) is 0 Å². The van der Waals surface area contributed by atoms with Gasteiger partial charge in [0.15, 0.2) is 0 Å². The molecule has 19 heavy (non-hydrogen) atoms.